The highest BCUT2D eigenvalue weighted by molar-refractivity contribution is 7.92. The molecule has 4 aromatic rings. The second kappa shape index (κ2) is 15.5. The molecule has 0 saturated heterocycles. The second-order valence-corrected chi connectivity index (χ2v) is 12.5. The second-order valence-electron chi connectivity index (χ2n) is 10.3. The van der Waals surface area contributed by atoms with Crippen molar-refractivity contribution in [3.63, 3.8) is 0 Å². The Bertz CT molecular complexity index is 1690. The van der Waals surface area contributed by atoms with E-state index in [-0.39, 0.29) is 29.5 Å². The van der Waals surface area contributed by atoms with Crippen molar-refractivity contribution in [2.24, 2.45) is 0 Å². The highest BCUT2D eigenvalue weighted by Gasteiger charge is 2.35. The third-order valence-corrected chi connectivity index (χ3v) is 9.32. The maximum Gasteiger partial charge on any atom is 0.264 e. The molecular formula is C34H35ClFN3O5S. The summed E-state index contributed by atoms with van der Waals surface area (Å²) in [6.07, 6.45) is 0.856. The largest absolute Gasteiger partial charge is 0.497 e. The van der Waals surface area contributed by atoms with E-state index in [4.69, 9.17) is 16.3 Å². The van der Waals surface area contributed by atoms with Gasteiger partial charge in [0.05, 0.1) is 17.7 Å². The average Bonchev–Trinajstić information content (AvgIpc) is 3.05. The van der Waals surface area contributed by atoms with Gasteiger partial charge in [-0.25, -0.2) is 12.8 Å². The summed E-state index contributed by atoms with van der Waals surface area (Å²) in [4.78, 5) is 29.3. The number of carbonyl (C=O) groups is 2. The van der Waals surface area contributed by atoms with Crippen molar-refractivity contribution < 1.29 is 27.1 Å². The van der Waals surface area contributed by atoms with Crippen molar-refractivity contribution in [1.82, 2.24) is 10.2 Å². The Hall–Kier alpha value is -4.41. The fourth-order valence-corrected chi connectivity index (χ4v) is 6.35. The number of sulfonamides is 1. The topological polar surface area (TPSA) is 96.0 Å². The number of amides is 2. The number of hydrogen-bond donors (Lipinski definition) is 1. The average molecular weight is 652 g/mol. The van der Waals surface area contributed by atoms with E-state index in [1.54, 1.807) is 24.3 Å². The quantitative estimate of drug-likeness (QED) is 0.185. The molecule has 2 amide bonds. The predicted octanol–water partition coefficient (Wildman–Crippen LogP) is 5.85. The van der Waals surface area contributed by atoms with Crippen molar-refractivity contribution in [1.29, 1.82) is 0 Å². The number of nitrogens with one attached hydrogen (secondary N) is 1. The maximum absolute atomic E-state index is 14.4. The van der Waals surface area contributed by atoms with Gasteiger partial charge < -0.3 is 15.0 Å². The Morgan fingerprint density at radius 3 is 2.18 bits per heavy atom. The Balaban J connectivity index is 1.80. The lowest BCUT2D eigenvalue weighted by Gasteiger charge is -2.34. The molecule has 4 aromatic carbocycles. The van der Waals surface area contributed by atoms with Crippen LogP contribution in [-0.4, -0.2) is 51.4 Å². The number of nitrogens with zero attached hydrogens (tertiary/aromatic N) is 2. The first kappa shape index (κ1) is 33.5. The Labute approximate surface area is 268 Å². The van der Waals surface area contributed by atoms with E-state index in [0.29, 0.717) is 29.3 Å². The summed E-state index contributed by atoms with van der Waals surface area (Å²) in [5.74, 6) is -1.15. The van der Waals surface area contributed by atoms with Gasteiger partial charge in [0.25, 0.3) is 10.0 Å². The highest BCUT2D eigenvalue weighted by Crippen LogP contribution is 2.27. The summed E-state index contributed by atoms with van der Waals surface area (Å²) in [6, 6.07) is 25.8. The van der Waals surface area contributed by atoms with Crippen molar-refractivity contribution >= 4 is 39.1 Å². The zero-order valence-electron chi connectivity index (χ0n) is 25.0. The number of halogens is 2. The van der Waals surface area contributed by atoms with E-state index in [2.05, 4.69) is 5.32 Å². The van der Waals surface area contributed by atoms with Crippen molar-refractivity contribution in [2.75, 3.05) is 24.5 Å². The van der Waals surface area contributed by atoms with Crippen LogP contribution in [0.4, 0.5) is 10.1 Å². The predicted molar refractivity (Wildman–Crippen MR) is 173 cm³/mol. The van der Waals surface area contributed by atoms with Crippen molar-refractivity contribution in [3.05, 3.63) is 125 Å². The van der Waals surface area contributed by atoms with Crippen LogP contribution in [0, 0.1) is 5.82 Å². The zero-order chi connectivity index (χ0) is 32.4. The van der Waals surface area contributed by atoms with Crippen LogP contribution in [0.1, 0.15) is 24.5 Å². The van der Waals surface area contributed by atoms with Crippen LogP contribution in [0.15, 0.2) is 108 Å². The van der Waals surface area contributed by atoms with E-state index < -0.39 is 34.3 Å². The first-order valence-electron chi connectivity index (χ1n) is 14.4. The van der Waals surface area contributed by atoms with Crippen LogP contribution in [0.25, 0.3) is 0 Å². The lowest BCUT2D eigenvalue weighted by atomic mass is 10.0. The summed E-state index contributed by atoms with van der Waals surface area (Å²) in [6.45, 7) is 1.59. The molecule has 0 radical (unpaired) electrons. The smallest absolute Gasteiger partial charge is 0.264 e. The van der Waals surface area contributed by atoms with Gasteiger partial charge in [-0.2, -0.15) is 0 Å². The highest BCUT2D eigenvalue weighted by atomic mass is 35.5. The monoisotopic (exact) mass is 651 g/mol. The molecule has 11 heteroatoms. The van der Waals surface area contributed by atoms with Crippen LogP contribution in [0.2, 0.25) is 5.02 Å². The molecule has 1 unspecified atom stereocenters. The minimum Gasteiger partial charge on any atom is -0.497 e. The minimum absolute atomic E-state index is 0.0601. The molecule has 0 aromatic heterocycles. The van der Waals surface area contributed by atoms with Crippen LogP contribution in [-0.2, 0) is 32.6 Å². The fourth-order valence-electron chi connectivity index (χ4n) is 4.74. The third kappa shape index (κ3) is 8.61. The molecule has 0 bridgehead atoms. The van der Waals surface area contributed by atoms with Crippen LogP contribution in [0.5, 0.6) is 5.75 Å². The molecule has 0 saturated carbocycles. The summed E-state index contributed by atoms with van der Waals surface area (Å²) in [5, 5.41) is 3.29. The summed E-state index contributed by atoms with van der Waals surface area (Å²) >= 11 is 6.50. The number of benzene rings is 4. The number of carbonyl (C=O) groups excluding carboxylic acids is 2. The molecule has 1 atom stereocenters. The van der Waals surface area contributed by atoms with Gasteiger partial charge in [-0.3, -0.25) is 13.9 Å². The molecule has 4 rings (SSSR count). The Kier molecular flexibility index (Phi) is 11.6. The molecule has 0 spiro atoms. The molecular weight excluding hydrogens is 617 g/mol. The van der Waals surface area contributed by atoms with E-state index in [1.165, 1.54) is 48.4 Å². The molecule has 0 fully saturated rings. The van der Waals surface area contributed by atoms with E-state index >= 15 is 0 Å². The van der Waals surface area contributed by atoms with Crippen LogP contribution >= 0.6 is 11.6 Å². The SMILES string of the molecule is CCCNC(=O)C(Cc1ccccc1)N(Cc1ccccc1Cl)C(=O)CN(c1ccc(F)cc1)S(=O)(=O)c1ccc(OC)cc1. The van der Waals surface area contributed by atoms with Gasteiger partial charge in [0, 0.05) is 24.5 Å². The van der Waals surface area contributed by atoms with Crippen LogP contribution < -0.4 is 14.4 Å². The summed E-state index contributed by atoms with van der Waals surface area (Å²) < 4.78 is 48.1. The Morgan fingerprint density at radius 1 is 0.911 bits per heavy atom. The number of rotatable bonds is 14. The number of methoxy groups -OCH3 is 1. The minimum atomic E-state index is -4.34. The van der Waals surface area contributed by atoms with Crippen LogP contribution in [0.3, 0.4) is 0 Å². The van der Waals surface area contributed by atoms with Gasteiger partial charge >= 0.3 is 0 Å². The summed E-state index contributed by atoms with van der Waals surface area (Å²) in [5.41, 5.74) is 1.47. The van der Waals surface area contributed by atoms with Gasteiger partial charge in [0.2, 0.25) is 11.8 Å². The van der Waals surface area contributed by atoms with Gasteiger partial charge in [-0.15, -0.1) is 0 Å². The molecule has 1 N–H and O–H groups in total. The molecule has 0 aliphatic heterocycles. The van der Waals surface area contributed by atoms with Crippen molar-refractivity contribution in [3.8, 4) is 5.75 Å². The van der Waals surface area contributed by atoms with E-state index in [0.717, 1.165) is 22.0 Å². The first-order valence-corrected chi connectivity index (χ1v) is 16.2. The molecule has 0 aliphatic rings. The molecule has 0 aliphatic carbocycles. The van der Waals surface area contributed by atoms with Crippen molar-refractivity contribution in [2.45, 2.75) is 37.2 Å². The fraction of sp³-hybridized carbons (Fsp3) is 0.235. The normalized spacial score (nSPS) is 11.8. The lowest BCUT2D eigenvalue weighted by molar-refractivity contribution is -0.140. The van der Waals surface area contributed by atoms with Gasteiger partial charge in [-0.05, 0) is 72.1 Å². The number of ether oxygens (including phenoxy) is 1. The maximum atomic E-state index is 14.4. The molecule has 8 nitrogen and oxygen atoms in total. The van der Waals surface area contributed by atoms with Gasteiger partial charge in [0.15, 0.2) is 0 Å². The molecule has 236 valence electrons. The number of anilines is 1. The first-order chi connectivity index (χ1) is 21.6. The molecule has 45 heavy (non-hydrogen) atoms. The van der Waals surface area contributed by atoms with Gasteiger partial charge in [0.1, 0.15) is 24.2 Å². The zero-order valence-corrected chi connectivity index (χ0v) is 26.6. The molecule has 0 heterocycles. The Morgan fingerprint density at radius 2 is 1.56 bits per heavy atom. The number of hydrogen-bond acceptors (Lipinski definition) is 5. The lowest BCUT2D eigenvalue weighted by Crippen LogP contribution is -2.53. The van der Waals surface area contributed by atoms with E-state index in [1.807, 2.05) is 37.3 Å². The van der Waals surface area contributed by atoms with Gasteiger partial charge in [-0.1, -0.05) is 67.1 Å². The third-order valence-electron chi connectivity index (χ3n) is 7.16. The summed E-state index contributed by atoms with van der Waals surface area (Å²) in [7, 11) is -2.88. The van der Waals surface area contributed by atoms with E-state index in [9.17, 15) is 22.4 Å². The standard InChI is InChI=1S/C34H35ClFN3O5S/c1-3-21-37-34(41)32(22-25-9-5-4-6-10-25)38(23-26-11-7-8-12-31(26)35)33(40)24-39(28-15-13-27(36)14-16-28)45(42,43)30-19-17-29(44-2)18-20-30/h4-20,32H,3,21-24H2,1-2H3,(H,37,41).